The first-order valence-electron chi connectivity index (χ1n) is 10.9. The normalized spacial score (nSPS) is 13.1. The number of hydrogen-bond acceptors (Lipinski definition) is 6. The van der Waals surface area contributed by atoms with Gasteiger partial charge in [-0.2, -0.15) is 0 Å². The van der Waals surface area contributed by atoms with E-state index in [0.717, 1.165) is 0 Å². The van der Waals surface area contributed by atoms with Gasteiger partial charge in [0.05, 0.1) is 4.90 Å². The standard InChI is InChI=1S/C25H24ClN3O6S/c1-16-6-3-4-9-23(16)36(32,33)28-25(31)27-20(13-17-7-5-8-18(26)12-17)24(30)29(2)19-10-11-21-22(14-19)35-15-34-21/h3-12,14,20H,13,15H2,1-2H3,(H2,27,28,31)/t20-/m0/s1. The maximum absolute atomic E-state index is 13.5. The molecule has 0 saturated heterocycles. The van der Waals surface area contributed by atoms with E-state index in [2.05, 4.69) is 5.32 Å². The number of carbonyl (C=O) groups is 2. The number of carbonyl (C=O) groups excluding carboxylic acids is 2. The summed E-state index contributed by atoms with van der Waals surface area (Å²) in [5.41, 5.74) is 1.67. The van der Waals surface area contributed by atoms with Crippen LogP contribution in [0.25, 0.3) is 0 Å². The molecule has 3 aromatic carbocycles. The molecular formula is C25H24ClN3O6S. The Morgan fingerprint density at radius 1 is 1.03 bits per heavy atom. The number of aryl methyl sites for hydroxylation is 1. The third-order valence-corrected chi connectivity index (χ3v) is 7.34. The predicted molar refractivity (Wildman–Crippen MR) is 135 cm³/mol. The molecule has 1 heterocycles. The van der Waals surface area contributed by atoms with Gasteiger partial charge in [-0.25, -0.2) is 17.9 Å². The van der Waals surface area contributed by atoms with E-state index in [1.54, 1.807) is 74.6 Å². The first kappa shape index (κ1) is 25.3. The van der Waals surface area contributed by atoms with Crippen molar-refractivity contribution in [3.05, 3.63) is 82.9 Å². The Kier molecular flexibility index (Phi) is 7.37. The largest absolute Gasteiger partial charge is 0.454 e. The summed E-state index contributed by atoms with van der Waals surface area (Å²) in [6.07, 6.45) is 0.0755. The average Bonchev–Trinajstić information content (AvgIpc) is 3.30. The molecule has 2 N–H and O–H groups in total. The lowest BCUT2D eigenvalue weighted by atomic mass is 10.0. The molecule has 0 saturated carbocycles. The fourth-order valence-corrected chi connectivity index (χ4v) is 5.15. The minimum Gasteiger partial charge on any atom is -0.454 e. The third-order valence-electron chi connectivity index (χ3n) is 5.62. The number of amides is 3. The number of benzene rings is 3. The molecule has 1 atom stereocenters. The number of sulfonamides is 1. The summed E-state index contributed by atoms with van der Waals surface area (Å²) in [7, 11) is -2.61. The van der Waals surface area contributed by atoms with Crippen molar-refractivity contribution in [3.63, 3.8) is 0 Å². The van der Waals surface area contributed by atoms with Gasteiger partial charge in [-0.3, -0.25) is 4.79 Å². The molecule has 36 heavy (non-hydrogen) atoms. The highest BCUT2D eigenvalue weighted by Gasteiger charge is 2.28. The number of ether oxygens (including phenoxy) is 2. The van der Waals surface area contributed by atoms with E-state index in [-0.39, 0.29) is 18.1 Å². The summed E-state index contributed by atoms with van der Waals surface area (Å²) in [4.78, 5) is 27.6. The van der Waals surface area contributed by atoms with Crippen LogP contribution in [0.2, 0.25) is 5.02 Å². The second kappa shape index (κ2) is 10.5. The van der Waals surface area contributed by atoms with Crippen molar-refractivity contribution in [1.82, 2.24) is 10.0 Å². The second-order valence-electron chi connectivity index (χ2n) is 8.17. The Hall–Kier alpha value is -3.76. The van der Waals surface area contributed by atoms with Crippen molar-refractivity contribution in [2.75, 3.05) is 18.7 Å². The maximum atomic E-state index is 13.5. The topological polar surface area (TPSA) is 114 Å². The van der Waals surface area contributed by atoms with E-state index >= 15 is 0 Å². The quantitative estimate of drug-likeness (QED) is 0.483. The number of halogens is 1. The van der Waals surface area contributed by atoms with Crippen LogP contribution in [0.3, 0.4) is 0 Å². The molecule has 4 rings (SSSR count). The lowest BCUT2D eigenvalue weighted by Crippen LogP contribution is -2.52. The van der Waals surface area contributed by atoms with Crippen LogP contribution < -0.4 is 24.4 Å². The van der Waals surface area contributed by atoms with E-state index in [0.29, 0.717) is 33.3 Å². The van der Waals surface area contributed by atoms with Crippen LogP contribution in [-0.2, 0) is 21.2 Å². The monoisotopic (exact) mass is 529 g/mol. The Morgan fingerprint density at radius 3 is 2.53 bits per heavy atom. The van der Waals surface area contributed by atoms with E-state index in [4.69, 9.17) is 21.1 Å². The number of nitrogens with one attached hydrogen (secondary N) is 2. The van der Waals surface area contributed by atoms with Gasteiger partial charge in [0.25, 0.3) is 10.0 Å². The number of anilines is 1. The van der Waals surface area contributed by atoms with Gasteiger partial charge in [0.1, 0.15) is 6.04 Å². The summed E-state index contributed by atoms with van der Waals surface area (Å²) in [5.74, 6) is 0.583. The molecule has 188 valence electrons. The molecule has 0 spiro atoms. The molecule has 1 aliphatic rings. The summed E-state index contributed by atoms with van der Waals surface area (Å²) < 4.78 is 38.2. The van der Waals surface area contributed by atoms with Crippen LogP contribution in [0.1, 0.15) is 11.1 Å². The lowest BCUT2D eigenvalue weighted by Gasteiger charge is -2.25. The second-order valence-corrected chi connectivity index (χ2v) is 10.3. The van der Waals surface area contributed by atoms with Gasteiger partial charge in [-0.05, 0) is 48.4 Å². The molecule has 9 nitrogen and oxygen atoms in total. The molecule has 0 bridgehead atoms. The Morgan fingerprint density at radius 2 is 1.78 bits per heavy atom. The fraction of sp³-hybridized carbons (Fsp3) is 0.200. The summed E-state index contributed by atoms with van der Waals surface area (Å²) in [6, 6.07) is 16.0. The smallest absolute Gasteiger partial charge is 0.329 e. The van der Waals surface area contributed by atoms with Crippen LogP contribution in [0.4, 0.5) is 10.5 Å². The SMILES string of the molecule is Cc1ccccc1S(=O)(=O)NC(=O)N[C@@H](Cc1cccc(Cl)c1)C(=O)N(C)c1ccc2c(c1)OCO2. The van der Waals surface area contributed by atoms with E-state index in [1.807, 2.05) is 4.72 Å². The van der Waals surface area contributed by atoms with Gasteiger partial charge in [-0.15, -0.1) is 0 Å². The lowest BCUT2D eigenvalue weighted by molar-refractivity contribution is -0.120. The van der Waals surface area contributed by atoms with Gasteiger partial charge < -0.3 is 19.7 Å². The molecule has 3 aromatic rings. The zero-order valence-electron chi connectivity index (χ0n) is 19.5. The summed E-state index contributed by atoms with van der Waals surface area (Å²) in [6.45, 7) is 1.71. The van der Waals surface area contributed by atoms with Gasteiger partial charge in [0.2, 0.25) is 12.7 Å². The minimum atomic E-state index is -4.16. The zero-order valence-corrected chi connectivity index (χ0v) is 21.1. The van der Waals surface area contributed by atoms with Crippen molar-refractivity contribution >= 4 is 39.2 Å². The molecule has 0 unspecified atom stereocenters. The number of rotatable bonds is 7. The first-order chi connectivity index (χ1) is 17.1. The van der Waals surface area contributed by atoms with Crippen LogP contribution >= 0.6 is 11.6 Å². The number of likely N-dealkylation sites (N-methyl/N-ethyl adjacent to an activating group) is 1. The number of urea groups is 1. The molecule has 0 fully saturated rings. The Labute approximate surface area is 214 Å². The highest BCUT2D eigenvalue weighted by molar-refractivity contribution is 7.90. The van der Waals surface area contributed by atoms with E-state index in [1.165, 1.54) is 11.0 Å². The van der Waals surface area contributed by atoms with Crippen LogP contribution in [0.15, 0.2) is 71.6 Å². The van der Waals surface area contributed by atoms with Crippen molar-refractivity contribution < 1.29 is 27.5 Å². The number of hydrogen-bond donors (Lipinski definition) is 2. The van der Waals surface area contributed by atoms with Crippen molar-refractivity contribution in [2.45, 2.75) is 24.3 Å². The Bertz CT molecular complexity index is 1410. The number of nitrogens with zero attached hydrogens (tertiary/aromatic N) is 1. The molecular weight excluding hydrogens is 506 g/mol. The zero-order chi connectivity index (χ0) is 25.9. The fourth-order valence-electron chi connectivity index (χ4n) is 3.78. The van der Waals surface area contributed by atoms with E-state index < -0.39 is 28.0 Å². The highest BCUT2D eigenvalue weighted by Crippen LogP contribution is 2.35. The maximum Gasteiger partial charge on any atom is 0.329 e. The molecule has 0 aromatic heterocycles. The van der Waals surface area contributed by atoms with Crippen molar-refractivity contribution in [1.29, 1.82) is 0 Å². The van der Waals surface area contributed by atoms with Gasteiger partial charge in [0, 0.05) is 30.2 Å². The predicted octanol–water partition coefficient (Wildman–Crippen LogP) is 3.64. The third kappa shape index (κ3) is 5.72. The van der Waals surface area contributed by atoms with Crippen molar-refractivity contribution in [2.24, 2.45) is 0 Å². The molecule has 1 aliphatic heterocycles. The Balaban J connectivity index is 1.56. The molecule has 0 radical (unpaired) electrons. The van der Waals surface area contributed by atoms with Crippen molar-refractivity contribution in [3.8, 4) is 11.5 Å². The molecule has 11 heteroatoms. The summed E-state index contributed by atoms with van der Waals surface area (Å²) in [5, 5.41) is 2.98. The molecule has 0 aliphatic carbocycles. The highest BCUT2D eigenvalue weighted by atomic mass is 35.5. The first-order valence-corrected chi connectivity index (χ1v) is 12.8. The van der Waals surface area contributed by atoms with Crippen LogP contribution in [0, 0.1) is 6.92 Å². The van der Waals surface area contributed by atoms with Crippen LogP contribution in [0.5, 0.6) is 11.5 Å². The summed E-state index contributed by atoms with van der Waals surface area (Å²) >= 11 is 6.10. The van der Waals surface area contributed by atoms with Gasteiger partial charge in [-0.1, -0.05) is 41.9 Å². The van der Waals surface area contributed by atoms with Crippen LogP contribution in [-0.4, -0.2) is 40.2 Å². The number of fused-ring (bicyclic) bond motifs is 1. The van der Waals surface area contributed by atoms with Gasteiger partial charge in [0.15, 0.2) is 11.5 Å². The average molecular weight is 530 g/mol. The minimum absolute atomic E-state index is 0.0321. The van der Waals surface area contributed by atoms with E-state index in [9.17, 15) is 18.0 Å². The molecule has 3 amide bonds. The van der Waals surface area contributed by atoms with Gasteiger partial charge >= 0.3 is 6.03 Å².